The van der Waals surface area contributed by atoms with Gasteiger partial charge < -0.3 is 10.1 Å². The number of para-hydroxylation sites is 1. The van der Waals surface area contributed by atoms with Gasteiger partial charge in [0.1, 0.15) is 16.8 Å². The lowest BCUT2D eigenvalue weighted by atomic mass is 9.98. The van der Waals surface area contributed by atoms with Gasteiger partial charge in [0.25, 0.3) is 5.91 Å². The smallest absolute Gasteiger partial charge is 0.262 e. The zero-order valence-electron chi connectivity index (χ0n) is 19.4. The van der Waals surface area contributed by atoms with Crippen LogP contribution < -0.4 is 10.1 Å². The van der Waals surface area contributed by atoms with Crippen molar-refractivity contribution in [1.82, 2.24) is 5.01 Å². The molecule has 0 saturated carbocycles. The molecule has 2 aliphatic rings. The van der Waals surface area contributed by atoms with Crippen molar-refractivity contribution in [2.75, 3.05) is 12.4 Å². The lowest BCUT2D eigenvalue weighted by molar-refractivity contribution is -0.121. The number of carbonyl (C=O) groups is 2. The van der Waals surface area contributed by atoms with Gasteiger partial charge in [-0.25, -0.2) is 9.40 Å². The summed E-state index contributed by atoms with van der Waals surface area (Å²) in [6.45, 7) is 0. The van der Waals surface area contributed by atoms with Crippen LogP contribution in [-0.2, 0) is 9.59 Å². The third kappa shape index (κ3) is 5.01. The monoisotopic (exact) mass is 502 g/mol. The summed E-state index contributed by atoms with van der Waals surface area (Å²) < 4.78 is 19.2. The van der Waals surface area contributed by atoms with E-state index in [4.69, 9.17) is 9.84 Å². The number of hydrogen-bond acceptors (Lipinski definition) is 6. The highest BCUT2D eigenvalue weighted by atomic mass is 32.2. The first-order chi connectivity index (χ1) is 17.5. The Hall–Kier alpha value is -3.98. The summed E-state index contributed by atoms with van der Waals surface area (Å²) in [7, 11) is 1.62. The average Bonchev–Trinajstić information content (AvgIpc) is 3.50. The van der Waals surface area contributed by atoms with Crippen molar-refractivity contribution in [3.05, 3.63) is 95.8 Å². The molecule has 0 aromatic heterocycles. The van der Waals surface area contributed by atoms with E-state index in [1.54, 1.807) is 24.3 Å². The molecule has 3 aromatic rings. The highest BCUT2D eigenvalue weighted by Gasteiger charge is 2.39. The molecule has 0 unspecified atom stereocenters. The Bertz CT molecular complexity index is 1340. The summed E-state index contributed by atoms with van der Waals surface area (Å²) in [5.41, 5.74) is 2.94. The van der Waals surface area contributed by atoms with Crippen LogP contribution in [0.15, 0.2) is 89.0 Å². The molecule has 36 heavy (non-hydrogen) atoms. The number of hydrazone groups is 1. The van der Waals surface area contributed by atoms with E-state index in [0.717, 1.165) is 22.6 Å². The molecule has 2 amide bonds. The summed E-state index contributed by atoms with van der Waals surface area (Å²) in [6, 6.07) is 23.3. The molecule has 2 aliphatic heterocycles. The molecule has 2 heterocycles. The highest BCUT2D eigenvalue weighted by molar-refractivity contribution is 8.15. The van der Waals surface area contributed by atoms with E-state index in [1.807, 2.05) is 54.6 Å². The van der Waals surface area contributed by atoms with Crippen LogP contribution in [0.2, 0.25) is 0 Å². The Morgan fingerprint density at radius 2 is 1.81 bits per heavy atom. The molecule has 1 N–H and O–H groups in total. The van der Waals surface area contributed by atoms with Crippen molar-refractivity contribution in [3.63, 3.8) is 0 Å². The molecule has 0 radical (unpaired) electrons. The number of anilines is 1. The standard InChI is InChI=1S/C27H23FN4O3S/c1-35-19-13-11-17(12-14-19)22-15-23(18-7-3-2-4-8-18)32(31-22)27-30-26(34)24(36-27)16-25(33)29-21-10-6-5-9-20(21)28/h2-14,23-24H,15-16H2,1H3,(H,29,33)/t23-,24+/m1/s1. The molecular formula is C27H23FN4O3S. The Morgan fingerprint density at radius 3 is 2.53 bits per heavy atom. The number of rotatable bonds is 6. The van der Waals surface area contributed by atoms with Gasteiger partial charge in [-0.2, -0.15) is 10.1 Å². The molecule has 0 bridgehead atoms. The molecule has 0 spiro atoms. The second-order valence-corrected chi connectivity index (χ2v) is 9.49. The number of benzene rings is 3. The Balaban J connectivity index is 1.35. The first-order valence-electron chi connectivity index (χ1n) is 11.4. The molecular weight excluding hydrogens is 479 g/mol. The van der Waals surface area contributed by atoms with Crippen LogP contribution in [-0.4, -0.2) is 40.1 Å². The fourth-order valence-electron chi connectivity index (χ4n) is 4.12. The van der Waals surface area contributed by atoms with E-state index < -0.39 is 22.9 Å². The maximum absolute atomic E-state index is 13.9. The van der Waals surface area contributed by atoms with Gasteiger partial charge in [-0.05, 0) is 47.5 Å². The fourth-order valence-corrected chi connectivity index (χ4v) is 5.18. The minimum atomic E-state index is -0.705. The Labute approximate surface area is 212 Å². The van der Waals surface area contributed by atoms with Crippen molar-refractivity contribution in [3.8, 4) is 5.75 Å². The average molecular weight is 503 g/mol. The minimum absolute atomic E-state index is 0.0801. The van der Waals surface area contributed by atoms with Gasteiger partial charge in [-0.15, -0.1) is 0 Å². The maximum atomic E-state index is 13.9. The summed E-state index contributed by atoms with van der Waals surface area (Å²) in [5, 5.41) is 8.88. The van der Waals surface area contributed by atoms with Crippen molar-refractivity contribution < 1.29 is 18.7 Å². The van der Waals surface area contributed by atoms with Crippen molar-refractivity contribution in [1.29, 1.82) is 0 Å². The van der Waals surface area contributed by atoms with Crippen LogP contribution >= 0.6 is 11.8 Å². The fraction of sp³-hybridized carbons (Fsp3) is 0.185. The molecule has 3 aromatic carbocycles. The van der Waals surface area contributed by atoms with Crippen LogP contribution in [0.1, 0.15) is 30.0 Å². The minimum Gasteiger partial charge on any atom is -0.497 e. The second-order valence-electron chi connectivity index (χ2n) is 8.32. The summed E-state index contributed by atoms with van der Waals surface area (Å²) in [5.74, 6) is -0.632. The van der Waals surface area contributed by atoms with E-state index in [-0.39, 0.29) is 18.2 Å². The van der Waals surface area contributed by atoms with Crippen LogP contribution in [0.3, 0.4) is 0 Å². The first kappa shape index (κ1) is 23.7. The number of halogens is 1. The van der Waals surface area contributed by atoms with Crippen LogP contribution in [0.25, 0.3) is 0 Å². The normalized spacial score (nSPS) is 19.2. The lowest BCUT2D eigenvalue weighted by Gasteiger charge is -2.23. The highest BCUT2D eigenvalue weighted by Crippen LogP contribution is 2.38. The van der Waals surface area contributed by atoms with Crippen LogP contribution in [0.4, 0.5) is 10.1 Å². The number of amides is 2. The zero-order chi connectivity index (χ0) is 25.1. The number of aliphatic imine (C=N–C) groups is 1. The molecule has 0 aliphatic carbocycles. The van der Waals surface area contributed by atoms with Gasteiger partial charge in [0.05, 0.1) is 24.6 Å². The van der Waals surface area contributed by atoms with E-state index in [1.165, 1.54) is 23.9 Å². The number of hydrogen-bond donors (Lipinski definition) is 1. The summed E-state index contributed by atoms with van der Waals surface area (Å²) >= 11 is 1.21. The first-order valence-corrected chi connectivity index (χ1v) is 12.3. The molecule has 5 rings (SSSR count). The van der Waals surface area contributed by atoms with Gasteiger partial charge in [0, 0.05) is 12.8 Å². The van der Waals surface area contributed by atoms with Gasteiger partial charge in [-0.1, -0.05) is 54.2 Å². The van der Waals surface area contributed by atoms with Gasteiger partial charge in [-0.3, -0.25) is 9.59 Å². The molecule has 182 valence electrons. The SMILES string of the molecule is COc1ccc(C2=NN(C3=NC(=O)[C@H](CC(=O)Nc4ccccc4F)S3)[C@@H](c3ccccc3)C2)cc1. The van der Waals surface area contributed by atoms with E-state index in [0.29, 0.717) is 11.6 Å². The number of amidine groups is 1. The molecule has 0 saturated heterocycles. The molecule has 9 heteroatoms. The third-order valence-electron chi connectivity index (χ3n) is 5.96. The molecule has 7 nitrogen and oxygen atoms in total. The largest absolute Gasteiger partial charge is 0.497 e. The predicted molar refractivity (Wildman–Crippen MR) is 139 cm³/mol. The van der Waals surface area contributed by atoms with Crippen molar-refractivity contribution >= 4 is 40.1 Å². The second kappa shape index (κ2) is 10.3. The van der Waals surface area contributed by atoms with Crippen molar-refractivity contribution in [2.45, 2.75) is 24.1 Å². The number of methoxy groups -OCH3 is 1. The third-order valence-corrected chi connectivity index (χ3v) is 7.10. The Morgan fingerprint density at radius 1 is 1.08 bits per heavy atom. The number of nitrogens with zero attached hydrogens (tertiary/aromatic N) is 3. The number of carbonyl (C=O) groups excluding carboxylic acids is 2. The number of nitrogens with one attached hydrogen (secondary N) is 1. The zero-order valence-corrected chi connectivity index (χ0v) is 20.2. The van der Waals surface area contributed by atoms with Gasteiger partial charge in [0.15, 0.2) is 5.17 Å². The van der Waals surface area contributed by atoms with Crippen LogP contribution in [0.5, 0.6) is 5.75 Å². The topological polar surface area (TPSA) is 83.4 Å². The van der Waals surface area contributed by atoms with Gasteiger partial charge >= 0.3 is 0 Å². The van der Waals surface area contributed by atoms with E-state index in [9.17, 15) is 14.0 Å². The summed E-state index contributed by atoms with van der Waals surface area (Å²) in [6.07, 6.45) is 0.506. The lowest BCUT2D eigenvalue weighted by Crippen LogP contribution is -2.25. The predicted octanol–water partition coefficient (Wildman–Crippen LogP) is 5.01. The van der Waals surface area contributed by atoms with Crippen molar-refractivity contribution in [2.24, 2.45) is 10.1 Å². The Kier molecular flexibility index (Phi) is 6.81. The van der Waals surface area contributed by atoms with Gasteiger partial charge in [0.2, 0.25) is 5.91 Å². The maximum Gasteiger partial charge on any atom is 0.262 e. The molecule has 2 atom stereocenters. The number of ether oxygens (including phenoxy) is 1. The number of thioether (sulfide) groups is 1. The molecule has 0 fully saturated rings. The van der Waals surface area contributed by atoms with Crippen LogP contribution in [0, 0.1) is 5.82 Å². The quantitative estimate of drug-likeness (QED) is 0.512. The summed E-state index contributed by atoms with van der Waals surface area (Å²) in [4.78, 5) is 29.5. The van der Waals surface area contributed by atoms with E-state index in [2.05, 4.69) is 10.3 Å². The van der Waals surface area contributed by atoms with E-state index >= 15 is 0 Å².